The Morgan fingerprint density at radius 2 is 1.81 bits per heavy atom. The summed E-state index contributed by atoms with van der Waals surface area (Å²) in [6.45, 7) is 5.45. The summed E-state index contributed by atoms with van der Waals surface area (Å²) in [4.78, 5) is 2.11. The predicted molar refractivity (Wildman–Crippen MR) is 87.6 cm³/mol. The largest absolute Gasteiger partial charge is 0.387 e. The molecule has 1 aromatic heterocycles. The lowest BCUT2D eigenvalue weighted by Crippen LogP contribution is -2.25. The number of hydrogen-bond donors (Lipinski definition) is 1. The van der Waals surface area contributed by atoms with E-state index < -0.39 is 6.10 Å². The van der Waals surface area contributed by atoms with Crippen LogP contribution in [0.1, 0.15) is 28.5 Å². The first-order valence-corrected chi connectivity index (χ1v) is 7.48. The van der Waals surface area contributed by atoms with Gasteiger partial charge in [-0.15, -0.1) is 0 Å². The quantitative estimate of drug-likeness (QED) is 0.916. The molecule has 0 aliphatic heterocycles. The van der Waals surface area contributed by atoms with Crippen molar-refractivity contribution in [3.05, 3.63) is 57.9 Å². The second kappa shape index (κ2) is 6.65. The topological polar surface area (TPSA) is 28.4 Å². The molecule has 0 unspecified atom stereocenters. The Labute approximate surface area is 131 Å². The fourth-order valence-corrected chi connectivity index (χ4v) is 2.94. The van der Waals surface area contributed by atoms with Crippen LogP contribution in [0.15, 0.2) is 30.5 Å². The molecule has 0 saturated carbocycles. The molecule has 0 aliphatic carbocycles. The molecule has 0 aliphatic rings. The summed E-state index contributed by atoms with van der Waals surface area (Å²) in [5.41, 5.74) is 4.47. The van der Waals surface area contributed by atoms with Gasteiger partial charge >= 0.3 is 0 Å². The van der Waals surface area contributed by atoms with Crippen LogP contribution in [0, 0.1) is 13.8 Å². The van der Waals surface area contributed by atoms with Gasteiger partial charge in [-0.3, -0.25) is 4.90 Å². The van der Waals surface area contributed by atoms with E-state index in [1.165, 1.54) is 11.1 Å². The number of aryl methyl sites for hydroxylation is 3. The summed E-state index contributed by atoms with van der Waals surface area (Å²) >= 11 is 6.00. The molecule has 1 N–H and O–H groups in total. The molecule has 114 valence electrons. The van der Waals surface area contributed by atoms with Gasteiger partial charge in [0.05, 0.1) is 11.1 Å². The Morgan fingerprint density at radius 3 is 2.33 bits per heavy atom. The van der Waals surface area contributed by atoms with Gasteiger partial charge in [-0.1, -0.05) is 40.9 Å². The lowest BCUT2D eigenvalue weighted by molar-refractivity contribution is 0.122. The number of benzene rings is 1. The molecule has 3 nitrogen and oxygen atoms in total. The molecule has 0 saturated heterocycles. The molecule has 0 fully saturated rings. The summed E-state index contributed by atoms with van der Waals surface area (Å²) in [6.07, 6.45) is 1.41. The van der Waals surface area contributed by atoms with Gasteiger partial charge in [-0.2, -0.15) is 0 Å². The molecule has 0 radical (unpaired) electrons. The van der Waals surface area contributed by atoms with E-state index in [4.69, 9.17) is 11.6 Å². The van der Waals surface area contributed by atoms with Crippen molar-refractivity contribution in [2.45, 2.75) is 26.5 Å². The van der Waals surface area contributed by atoms with Crippen LogP contribution in [0.3, 0.4) is 0 Å². The second-order valence-corrected chi connectivity index (χ2v) is 6.33. The van der Waals surface area contributed by atoms with Gasteiger partial charge in [0, 0.05) is 32.0 Å². The minimum Gasteiger partial charge on any atom is -0.387 e. The number of aromatic nitrogens is 1. The van der Waals surface area contributed by atoms with Crippen molar-refractivity contribution in [2.24, 2.45) is 7.05 Å². The van der Waals surface area contributed by atoms with Crippen molar-refractivity contribution >= 4 is 11.6 Å². The number of likely N-dealkylation sites (N-methyl/N-ethyl adjacent to an activating group) is 1. The van der Waals surface area contributed by atoms with E-state index in [0.717, 1.165) is 22.8 Å². The first kappa shape index (κ1) is 16.1. The highest BCUT2D eigenvalue weighted by molar-refractivity contribution is 6.30. The fourth-order valence-electron chi connectivity index (χ4n) is 2.67. The van der Waals surface area contributed by atoms with Gasteiger partial charge in [0.2, 0.25) is 0 Å². The third-order valence-electron chi connectivity index (χ3n) is 3.62. The van der Waals surface area contributed by atoms with Crippen LogP contribution in [0.2, 0.25) is 5.02 Å². The van der Waals surface area contributed by atoms with Gasteiger partial charge in [0.1, 0.15) is 0 Å². The maximum Gasteiger partial charge on any atom is 0.0917 e. The zero-order chi connectivity index (χ0) is 15.6. The highest BCUT2D eigenvalue weighted by atomic mass is 35.5. The van der Waals surface area contributed by atoms with E-state index >= 15 is 0 Å². The lowest BCUT2D eigenvalue weighted by Gasteiger charge is -2.21. The minimum absolute atomic E-state index is 0.482. The smallest absolute Gasteiger partial charge is 0.0917 e. The van der Waals surface area contributed by atoms with E-state index in [0.29, 0.717) is 6.54 Å². The number of hydrogen-bond acceptors (Lipinski definition) is 2. The van der Waals surface area contributed by atoms with Gasteiger partial charge in [0.15, 0.2) is 0 Å². The van der Waals surface area contributed by atoms with Gasteiger partial charge < -0.3 is 9.67 Å². The number of halogens is 1. The molecule has 21 heavy (non-hydrogen) atoms. The van der Waals surface area contributed by atoms with Crippen LogP contribution in [0.4, 0.5) is 0 Å². The average molecular weight is 307 g/mol. The van der Waals surface area contributed by atoms with Crippen molar-refractivity contribution in [1.82, 2.24) is 9.47 Å². The van der Waals surface area contributed by atoms with Crippen LogP contribution in [-0.2, 0) is 13.6 Å². The zero-order valence-corrected chi connectivity index (χ0v) is 13.9. The third kappa shape index (κ3) is 4.34. The molecule has 1 atom stereocenters. The Balaban J connectivity index is 2.01. The maximum absolute atomic E-state index is 10.4. The van der Waals surface area contributed by atoms with Crippen molar-refractivity contribution in [2.75, 3.05) is 13.6 Å². The Bertz CT molecular complexity index is 601. The highest BCUT2D eigenvalue weighted by Crippen LogP contribution is 2.19. The van der Waals surface area contributed by atoms with E-state index in [1.54, 1.807) is 0 Å². The van der Waals surface area contributed by atoms with Gasteiger partial charge in [-0.05, 0) is 32.5 Å². The van der Waals surface area contributed by atoms with Crippen molar-refractivity contribution < 1.29 is 5.11 Å². The molecule has 0 bridgehead atoms. The Kier molecular flexibility index (Phi) is 5.09. The standard InChI is InChI=1S/C17H23ClN2O/c1-12-5-13(2)7-14(6-12)17(21)11-19(3)10-16-8-15(18)9-20(16)4/h5-9,17,21H,10-11H2,1-4H3/t17-/m1/s1. The summed E-state index contributed by atoms with van der Waals surface area (Å²) in [7, 11) is 3.99. The molecule has 0 spiro atoms. The minimum atomic E-state index is -0.482. The van der Waals surface area contributed by atoms with Crippen LogP contribution in [0.5, 0.6) is 0 Å². The van der Waals surface area contributed by atoms with Gasteiger partial charge in [-0.25, -0.2) is 0 Å². The highest BCUT2D eigenvalue weighted by Gasteiger charge is 2.13. The summed E-state index contributed by atoms with van der Waals surface area (Å²) in [5.74, 6) is 0. The van der Waals surface area contributed by atoms with Crippen molar-refractivity contribution in [1.29, 1.82) is 0 Å². The molecule has 1 heterocycles. The monoisotopic (exact) mass is 306 g/mol. The summed E-state index contributed by atoms with van der Waals surface area (Å²) in [5, 5.41) is 11.2. The molecule has 4 heteroatoms. The normalized spacial score (nSPS) is 12.9. The summed E-state index contributed by atoms with van der Waals surface area (Å²) in [6, 6.07) is 8.17. The molecule has 2 aromatic rings. The number of rotatable bonds is 5. The molecular formula is C17H23ClN2O. The van der Waals surface area contributed by atoms with Gasteiger partial charge in [0.25, 0.3) is 0 Å². The van der Waals surface area contributed by atoms with Crippen molar-refractivity contribution in [3.8, 4) is 0 Å². The first-order valence-electron chi connectivity index (χ1n) is 7.10. The number of nitrogens with zero attached hydrogens (tertiary/aromatic N) is 2. The molecule has 1 aromatic carbocycles. The molecule has 2 rings (SSSR count). The summed E-state index contributed by atoms with van der Waals surface area (Å²) < 4.78 is 2.02. The van der Waals surface area contributed by atoms with Crippen LogP contribution in [-0.4, -0.2) is 28.2 Å². The first-order chi connectivity index (χ1) is 9.85. The van der Waals surface area contributed by atoms with Crippen LogP contribution >= 0.6 is 11.6 Å². The molecular weight excluding hydrogens is 284 g/mol. The third-order valence-corrected chi connectivity index (χ3v) is 3.83. The lowest BCUT2D eigenvalue weighted by atomic mass is 10.0. The fraction of sp³-hybridized carbons (Fsp3) is 0.412. The van der Waals surface area contributed by atoms with Crippen LogP contribution < -0.4 is 0 Å². The van der Waals surface area contributed by atoms with Crippen molar-refractivity contribution in [3.63, 3.8) is 0 Å². The Hall–Kier alpha value is -1.29. The second-order valence-electron chi connectivity index (χ2n) is 5.89. The van der Waals surface area contributed by atoms with E-state index in [9.17, 15) is 5.11 Å². The average Bonchev–Trinajstić information content (AvgIpc) is 2.66. The SMILES string of the molecule is Cc1cc(C)cc([C@H](O)CN(C)Cc2cc(Cl)cn2C)c1. The zero-order valence-electron chi connectivity index (χ0n) is 13.1. The predicted octanol–water partition coefficient (Wildman–Crippen LogP) is 3.46. The Morgan fingerprint density at radius 1 is 1.19 bits per heavy atom. The number of aliphatic hydroxyl groups is 1. The van der Waals surface area contributed by atoms with E-state index in [1.807, 2.05) is 43.1 Å². The van der Waals surface area contributed by atoms with Crippen LogP contribution in [0.25, 0.3) is 0 Å². The van der Waals surface area contributed by atoms with E-state index in [-0.39, 0.29) is 0 Å². The number of aliphatic hydroxyl groups excluding tert-OH is 1. The maximum atomic E-state index is 10.4. The van der Waals surface area contributed by atoms with E-state index in [2.05, 4.69) is 24.8 Å². The molecule has 0 amide bonds.